The van der Waals surface area contributed by atoms with Crippen LogP contribution in [0.25, 0.3) is 0 Å². The summed E-state index contributed by atoms with van der Waals surface area (Å²) in [6.45, 7) is 2.66. The van der Waals surface area contributed by atoms with Gasteiger partial charge in [0.1, 0.15) is 0 Å². The van der Waals surface area contributed by atoms with Crippen LogP contribution in [0.1, 0.15) is 24.8 Å². The Morgan fingerprint density at radius 2 is 2.17 bits per heavy atom. The van der Waals surface area contributed by atoms with E-state index in [1.54, 1.807) is 31.4 Å². The Morgan fingerprint density at radius 1 is 1.35 bits per heavy atom. The average molecular weight is 316 g/mol. The Balaban J connectivity index is 1.71. The van der Waals surface area contributed by atoms with Crippen LogP contribution in [0.3, 0.4) is 0 Å². The van der Waals surface area contributed by atoms with Crippen LogP contribution in [0.5, 0.6) is 0 Å². The zero-order valence-electron chi connectivity index (χ0n) is 13.9. The molecule has 1 aromatic heterocycles. The highest BCUT2D eigenvalue weighted by Gasteiger charge is 2.49. The molecule has 3 amide bonds. The number of urea groups is 1. The number of hydrogen-bond acceptors (Lipinski definition) is 3. The van der Waals surface area contributed by atoms with Gasteiger partial charge in [0.2, 0.25) is 5.91 Å². The van der Waals surface area contributed by atoms with Crippen molar-refractivity contribution in [2.24, 2.45) is 5.41 Å². The van der Waals surface area contributed by atoms with E-state index in [1.165, 1.54) is 0 Å². The lowest BCUT2D eigenvalue weighted by Gasteiger charge is -2.39. The summed E-state index contributed by atoms with van der Waals surface area (Å²) in [5, 5.41) is 0. The van der Waals surface area contributed by atoms with Crippen LogP contribution in [0.2, 0.25) is 0 Å². The van der Waals surface area contributed by atoms with Gasteiger partial charge in [0.05, 0.1) is 5.41 Å². The van der Waals surface area contributed by atoms with E-state index in [-0.39, 0.29) is 17.4 Å². The zero-order valence-corrected chi connectivity index (χ0v) is 13.9. The summed E-state index contributed by atoms with van der Waals surface area (Å²) in [5.41, 5.74) is 0.668. The summed E-state index contributed by atoms with van der Waals surface area (Å²) in [4.78, 5) is 34.7. The van der Waals surface area contributed by atoms with Crippen molar-refractivity contribution in [1.82, 2.24) is 19.7 Å². The highest BCUT2D eigenvalue weighted by molar-refractivity contribution is 5.86. The summed E-state index contributed by atoms with van der Waals surface area (Å²) in [7, 11) is 3.52. The minimum absolute atomic E-state index is 0.00239. The second kappa shape index (κ2) is 6.18. The molecule has 0 unspecified atom stereocenters. The molecule has 0 aromatic carbocycles. The molecule has 2 aliphatic heterocycles. The molecule has 0 saturated carbocycles. The predicted molar refractivity (Wildman–Crippen MR) is 86.6 cm³/mol. The van der Waals surface area contributed by atoms with Crippen molar-refractivity contribution in [2.45, 2.75) is 25.8 Å². The smallest absolute Gasteiger partial charge is 0.319 e. The molecule has 124 valence electrons. The van der Waals surface area contributed by atoms with Gasteiger partial charge in [-0.05, 0) is 30.9 Å². The molecule has 23 heavy (non-hydrogen) atoms. The van der Waals surface area contributed by atoms with Gasteiger partial charge in [-0.25, -0.2) is 4.79 Å². The van der Waals surface area contributed by atoms with E-state index in [2.05, 4.69) is 4.98 Å². The Morgan fingerprint density at radius 3 is 2.87 bits per heavy atom. The molecule has 1 aromatic rings. The Hall–Kier alpha value is -2.11. The fraction of sp³-hybridized carbons (Fsp3) is 0.588. The monoisotopic (exact) mass is 316 g/mol. The standard InChI is InChI=1S/C17H24N4O2/c1-19(2)16(23)21-9-4-6-17(13-21)7-10-20(15(17)22)12-14-5-3-8-18-11-14/h3,5,8,11H,4,6-7,9-10,12-13H2,1-2H3/t17-/m0/s1. The SMILES string of the molecule is CN(C)C(=O)N1CCC[C@]2(CCN(Cc3cccnc3)C2=O)C1. The highest BCUT2D eigenvalue weighted by Crippen LogP contribution is 2.40. The summed E-state index contributed by atoms with van der Waals surface area (Å²) >= 11 is 0. The molecular weight excluding hydrogens is 292 g/mol. The van der Waals surface area contributed by atoms with E-state index >= 15 is 0 Å². The topological polar surface area (TPSA) is 56.8 Å². The molecule has 0 bridgehead atoms. The van der Waals surface area contributed by atoms with Crippen LogP contribution in [0.15, 0.2) is 24.5 Å². The van der Waals surface area contributed by atoms with Crippen molar-refractivity contribution in [3.63, 3.8) is 0 Å². The van der Waals surface area contributed by atoms with E-state index in [0.717, 1.165) is 37.9 Å². The van der Waals surface area contributed by atoms with E-state index in [0.29, 0.717) is 13.1 Å². The first-order chi connectivity index (χ1) is 11.0. The van der Waals surface area contributed by atoms with Crippen molar-refractivity contribution < 1.29 is 9.59 Å². The Kier molecular flexibility index (Phi) is 4.24. The quantitative estimate of drug-likeness (QED) is 0.832. The van der Waals surface area contributed by atoms with E-state index in [1.807, 2.05) is 21.9 Å². The number of piperidine rings is 1. The first-order valence-electron chi connectivity index (χ1n) is 8.16. The minimum Gasteiger partial charge on any atom is -0.338 e. The van der Waals surface area contributed by atoms with Crippen LogP contribution >= 0.6 is 0 Å². The molecule has 1 spiro atoms. The third-order valence-corrected chi connectivity index (χ3v) is 4.93. The number of pyridine rings is 1. The third kappa shape index (κ3) is 3.02. The number of nitrogens with zero attached hydrogens (tertiary/aromatic N) is 4. The van der Waals surface area contributed by atoms with Gasteiger partial charge in [-0.15, -0.1) is 0 Å². The van der Waals surface area contributed by atoms with Crippen LogP contribution in [0.4, 0.5) is 4.79 Å². The number of carbonyl (C=O) groups is 2. The maximum Gasteiger partial charge on any atom is 0.319 e. The molecule has 2 aliphatic rings. The number of aromatic nitrogens is 1. The second-order valence-corrected chi connectivity index (χ2v) is 6.82. The van der Waals surface area contributed by atoms with Crippen molar-refractivity contribution in [3.8, 4) is 0 Å². The van der Waals surface area contributed by atoms with Gasteiger partial charge in [0.15, 0.2) is 0 Å². The Bertz CT molecular complexity index is 590. The van der Waals surface area contributed by atoms with E-state index in [9.17, 15) is 9.59 Å². The van der Waals surface area contributed by atoms with Crippen LogP contribution in [-0.4, -0.2) is 65.4 Å². The fourth-order valence-corrected chi connectivity index (χ4v) is 3.71. The van der Waals surface area contributed by atoms with Crippen molar-refractivity contribution in [2.75, 3.05) is 33.7 Å². The fourth-order valence-electron chi connectivity index (χ4n) is 3.71. The van der Waals surface area contributed by atoms with Gasteiger partial charge in [0, 0.05) is 52.7 Å². The lowest BCUT2D eigenvalue weighted by molar-refractivity contribution is -0.138. The molecule has 0 aliphatic carbocycles. The molecule has 3 heterocycles. The molecule has 1 atom stereocenters. The zero-order chi connectivity index (χ0) is 16.4. The third-order valence-electron chi connectivity index (χ3n) is 4.93. The van der Waals surface area contributed by atoms with Crippen LogP contribution in [0, 0.1) is 5.41 Å². The molecular formula is C17H24N4O2. The van der Waals surface area contributed by atoms with Gasteiger partial charge in [-0.3, -0.25) is 9.78 Å². The number of likely N-dealkylation sites (tertiary alicyclic amines) is 2. The van der Waals surface area contributed by atoms with E-state index < -0.39 is 0 Å². The summed E-state index contributed by atoms with van der Waals surface area (Å²) in [5.74, 6) is 0.192. The molecule has 6 heteroatoms. The number of carbonyl (C=O) groups excluding carboxylic acids is 2. The lowest BCUT2D eigenvalue weighted by atomic mass is 9.78. The molecule has 2 fully saturated rings. The van der Waals surface area contributed by atoms with Gasteiger partial charge >= 0.3 is 6.03 Å². The van der Waals surface area contributed by atoms with Crippen LogP contribution in [-0.2, 0) is 11.3 Å². The normalized spacial score (nSPS) is 24.3. The lowest BCUT2D eigenvalue weighted by Crippen LogP contribution is -2.52. The molecule has 6 nitrogen and oxygen atoms in total. The predicted octanol–water partition coefficient (Wildman–Crippen LogP) is 1.58. The maximum atomic E-state index is 13.0. The van der Waals surface area contributed by atoms with Gasteiger partial charge < -0.3 is 14.7 Å². The Labute approximate surface area is 137 Å². The highest BCUT2D eigenvalue weighted by atomic mass is 16.2. The summed E-state index contributed by atoms with van der Waals surface area (Å²) in [6, 6.07) is 3.89. The van der Waals surface area contributed by atoms with E-state index in [4.69, 9.17) is 0 Å². The average Bonchev–Trinajstić information content (AvgIpc) is 2.84. The largest absolute Gasteiger partial charge is 0.338 e. The van der Waals surface area contributed by atoms with Crippen LogP contribution < -0.4 is 0 Å². The van der Waals surface area contributed by atoms with Gasteiger partial charge in [-0.1, -0.05) is 6.07 Å². The van der Waals surface area contributed by atoms with Crippen molar-refractivity contribution >= 4 is 11.9 Å². The first-order valence-corrected chi connectivity index (χ1v) is 8.16. The second-order valence-electron chi connectivity index (χ2n) is 6.82. The van der Waals surface area contributed by atoms with Gasteiger partial charge in [0.25, 0.3) is 0 Å². The molecule has 2 saturated heterocycles. The number of hydrogen-bond donors (Lipinski definition) is 0. The molecule has 0 N–H and O–H groups in total. The van der Waals surface area contributed by atoms with Crippen molar-refractivity contribution in [3.05, 3.63) is 30.1 Å². The maximum absolute atomic E-state index is 13.0. The first kappa shape index (κ1) is 15.8. The number of amides is 3. The minimum atomic E-state index is -0.383. The number of rotatable bonds is 2. The van der Waals surface area contributed by atoms with Crippen molar-refractivity contribution in [1.29, 1.82) is 0 Å². The van der Waals surface area contributed by atoms with Gasteiger partial charge in [-0.2, -0.15) is 0 Å². The molecule has 3 rings (SSSR count). The summed E-state index contributed by atoms with van der Waals surface area (Å²) < 4.78 is 0. The summed E-state index contributed by atoms with van der Waals surface area (Å²) in [6.07, 6.45) is 6.16. The molecule has 0 radical (unpaired) electrons.